The molecule has 2 unspecified atom stereocenters. The van der Waals surface area contributed by atoms with E-state index in [1.165, 1.54) is 22.9 Å². The average molecular weight is 411 g/mol. The van der Waals surface area contributed by atoms with Crippen LogP contribution in [0.2, 0.25) is 0 Å². The van der Waals surface area contributed by atoms with Crippen LogP contribution in [0.4, 0.5) is 24.9 Å². The first-order chi connectivity index (χ1) is 13.9. The highest BCUT2D eigenvalue weighted by Gasteiger charge is 2.47. The van der Waals surface area contributed by atoms with E-state index in [0.717, 1.165) is 17.7 Å². The van der Waals surface area contributed by atoms with Gasteiger partial charge in [0.1, 0.15) is 11.9 Å². The monoisotopic (exact) mass is 411 g/mol. The van der Waals surface area contributed by atoms with E-state index in [1.807, 2.05) is 4.90 Å². The van der Waals surface area contributed by atoms with Gasteiger partial charge in [-0.2, -0.15) is 18.2 Å². The second kappa shape index (κ2) is 6.75. The molecular weight excluding hydrogens is 391 g/mol. The summed E-state index contributed by atoms with van der Waals surface area (Å²) in [6.07, 6.45) is -1.28. The Balaban J connectivity index is 1.55. The van der Waals surface area contributed by atoms with Crippen LogP contribution in [0.5, 0.6) is 0 Å². The Morgan fingerprint density at radius 2 is 1.93 bits per heavy atom. The van der Waals surface area contributed by atoms with Crippen LogP contribution < -0.4 is 15.4 Å². The van der Waals surface area contributed by atoms with Crippen molar-refractivity contribution in [2.24, 2.45) is 0 Å². The molecule has 2 aromatic rings. The fraction of sp³-hybridized carbons (Fsp3) is 0.611. The lowest BCUT2D eigenvalue weighted by Crippen LogP contribution is -2.52. The predicted molar refractivity (Wildman–Crippen MR) is 95.8 cm³/mol. The maximum absolute atomic E-state index is 13.8. The minimum Gasteiger partial charge on any atom is -0.371 e. The van der Waals surface area contributed by atoms with Gasteiger partial charge in [0, 0.05) is 31.8 Å². The zero-order valence-corrected chi connectivity index (χ0v) is 15.5. The van der Waals surface area contributed by atoms with E-state index in [4.69, 9.17) is 9.26 Å². The number of hydrogen-bond donors (Lipinski definition) is 0. The van der Waals surface area contributed by atoms with Crippen molar-refractivity contribution in [1.29, 1.82) is 0 Å². The van der Waals surface area contributed by atoms with Crippen LogP contribution in [0.1, 0.15) is 25.0 Å². The van der Waals surface area contributed by atoms with Gasteiger partial charge in [0.15, 0.2) is 5.76 Å². The largest absolute Gasteiger partial charge is 0.408 e. The molecule has 0 amide bonds. The molecule has 8 nitrogen and oxygen atoms in total. The van der Waals surface area contributed by atoms with Gasteiger partial charge in [0.05, 0.1) is 24.9 Å². The summed E-state index contributed by atoms with van der Waals surface area (Å²) < 4.78 is 53.4. The minimum atomic E-state index is -4.46. The molecule has 3 aliphatic rings. The first kappa shape index (κ1) is 18.5. The van der Waals surface area contributed by atoms with E-state index >= 15 is 0 Å². The summed E-state index contributed by atoms with van der Waals surface area (Å²) in [5.41, 5.74) is -0.355. The molecule has 156 valence electrons. The lowest BCUT2D eigenvalue weighted by Gasteiger charge is -2.39. The Hall–Kier alpha value is -2.56. The molecular formula is C18H20F3N5O3. The van der Waals surface area contributed by atoms with Crippen LogP contribution >= 0.6 is 0 Å². The van der Waals surface area contributed by atoms with E-state index < -0.39 is 12.2 Å². The first-order valence-corrected chi connectivity index (χ1v) is 9.63. The second-order valence-electron chi connectivity index (χ2n) is 7.72. The quantitative estimate of drug-likeness (QED) is 0.764. The van der Waals surface area contributed by atoms with Crippen LogP contribution in [0, 0.1) is 0 Å². The third-order valence-corrected chi connectivity index (χ3v) is 5.80. The third kappa shape index (κ3) is 3.37. The number of morpholine rings is 1. The molecule has 0 N–H and O–H groups in total. The number of aromatic nitrogens is 3. The number of ether oxygens (including phenoxy) is 1. The molecule has 11 heteroatoms. The van der Waals surface area contributed by atoms with Crippen molar-refractivity contribution in [3.63, 3.8) is 0 Å². The molecule has 2 saturated heterocycles. The van der Waals surface area contributed by atoms with Gasteiger partial charge in [-0.05, 0) is 19.3 Å². The molecule has 3 atom stereocenters. The molecule has 5 heterocycles. The maximum atomic E-state index is 13.8. The summed E-state index contributed by atoms with van der Waals surface area (Å²) in [4.78, 5) is 20.3. The van der Waals surface area contributed by atoms with Crippen LogP contribution in [-0.2, 0) is 17.8 Å². The molecule has 2 bridgehead atoms. The number of anilines is 2. The predicted octanol–water partition coefficient (Wildman–Crippen LogP) is 1.94. The molecule has 0 aromatic carbocycles. The molecule has 2 fully saturated rings. The summed E-state index contributed by atoms with van der Waals surface area (Å²) in [6.45, 7) is 0.954. The van der Waals surface area contributed by atoms with E-state index in [9.17, 15) is 18.0 Å². The minimum absolute atomic E-state index is 0.0105. The zero-order chi connectivity index (χ0) is 20.2. The smallest absolute Gasteiger partial charge is 0.371 e. The number of halogens is 3. The Bertz CT molecular complexity index is 933. The SMILES string of the molecule is O=c1cc(N2CC3CCC(C2)O3)nc2n1CC[C@@H](C(F)(F)F)N2Cc1ccno1. The van der Waals surface area contributed by atoms with E-state index in [1.54, 1.807) is 0 Å². The zero-order valence-electron chi connectivity index (χ0n) is 15.5. The first-order valence-electron chi connectivity index (χ1n) is 9.63. The van der Waals surface area contributed by atoms with Gasteiger partial charge in [-0.3, -0.25) is 9.36 Å². The number of nitrogens with zero attached hydrogens (tertiary/aromatic N) is 5. The molecule has 0 aliphatic carbocycles. The Morgan fingerprint density at radius 1 is 1.17 bits per heavy atom. The summed E-state index contributed by atoms with van der Waals surface area (Å²) in [5, 5.41) is 3.57. The van der Waals surface area contributed by atoms with Gasteiger partial charge >= 0.3 is 6.18 Å². The van der Waals surface area contributed by atoms with Crippen molar-refractivity contribution >= 4 is 11.8 Å². The van der Waals surface area contributed by atoms with Crippen molar-refractivity contribution in [3.8, 4) is 0 Å². The van der Waals surface area contributed by atoms with Crippen molar-refractivity contribution in [1.82, 2.24) is 14.7 Å². The summed E-state index contributed by atoms with van der Waals surface area (Å²) in [7, 11) is 0. The van der Waals surface area contributed by atoms with Crippen molar-refractivity contribution in [2.75, 3.05) is 22.9 Å². The van der Waals surface area contributed by atoms with Gasteiger partial charge in [-0.25, -0.2) is 0 Å². The lowest BCUT2D eigenvalue weighted by atomic mass is 10.1. The summed E-state index contributed by atoms with van der Waals surface area (Å²) in [6, 6.07) is 1.17. The standard InChI is InChI=1S/C18H20F3N5O3/c19-18(20,21)14-4-6-25-16(27)7-15(24-8-11-1-2-12(9-24)28-11)23-17(25)26(14)10-13-3-5-22-29-13/h3,5,7,11-12,14H,1-2,4,6,8-10H2/t11?,12?,14-/m0/s1. The normalized spacial score (nSPS) is 26.7. The molecule has 29 heavy (non-hydrogen) atoms. The van der Waals surface area contributed by atoms with Crippen LogP contribution in [0.25, 0.3) is 0 Å². The Morgan fingerprint density at radius 3 is 2.59 bits per heavy atom. The number of hydrogen-bond acceptors (Lipinski definition) is 7. The highest BCUT2D eigenvalue weighted by Crippen LogP contribution is 2.36. The molecule has 0 spiro atoms. The van der Waals surface area contributed by atoms with Crippen LogP contribution in [-0.4, -0.2) is 52.2 Å². The maximum Gasteiger partial charge on any atom is 0.408 e. The second-order valence-corrected chi connectivity index (χ2v) is 7.72. The van der Waals surface area contributed by atoms with Crippen molar-refractivity contribution in [3.05, 3.63) is 34.4 Å². The summed E-state index contributed by atoms with van der Waals surface area (Å²) in [5.74, 6) is 0.680. The average Bonchev–Trinajstić information content (AvgIpc) is 3.30. The van der Waals surface area contributed by atoms with Crippen LogP contribution in [0.15, 0.2) is 27.6 Å². The molecule has 2 aromatic heterocycles. The molecule has 5 rings (SSSR count). The van der Waals surface area contributed by atoms with E-state index in [-0.39, 0.29) is 49.0 Å². The Kier molecular flexibility index (Phi) is 4.30. The number of rotatable bonds is 3. The molecule has 0 radical (unpaired) electrons. The topological polar surface area (TPSA) is 76.6 Å². The third-order valence-electron chi connectivity index (χ3n) is 5.80. The number of fused-ring (bicyclic) bond motifs is 3. The fourth-order valence-corrected chi connectivity index (χ4v) is 4.43. The van der Waals surface area contributed by atoms with E-state index in [2.05, 4.69) is 10.1 Å². The van der Waals surface area contributed by atoms with Gasteiger partial charge in [-0.1, -0.05) is 5.16 Å². The Labute approximate surface area is 163 Å². The highest BCUT2D eigenvalue weighted by molar-refractivity contribution is 5.47. The van der Waals surface area contributed by atoms with Crippen LogP contribution in [0.3, 0.4) is 0 Å². The van der Waals surface area contributed by atoms with Gasteiger partial charge in [-0.15, -0.1) is 0 Å². The molecule has 3 aliphatic heterocycles. The van der Waals surface area contributed by atoms with Gasteiger partial charge in [0.25, 0.3) is 5.56 Å². The highest BCUT2D eigenvalue weighted by atomic mass is 19.4. The molecule has 0 saturated carbocycles. The van der Waals surface area contributed by atoms with E-state index in [0.29, 0.717) is 18.9 Å². The lowest BCUT2D eigenvalue weighted by molar-refractivity contribution is -0.153. The van der Waals surface area contributed by atoms with Crippen molar-refractivity contribution < 1.29 is 22.4 Å². The van der Waals surface area contributed by atoms with Gasteiger partial charge in [0.2, 0.25) is 5.95 Å². The van der Waals surface area contributed by atoms with Crippen molar-refractivity contribution in [2.45, 2.75) is 56.8 Å². The number of alkyl halides is 3. The fourth-order valence-electron chi connectivity index (χ4n) is 4.43. The summed E-state index contributed by atoms with van der Waals surface area (Å²) >= 11 is 0. The van der Waals surface area contributed by atoms with Gasteiger partial charge < -0.3 is 19.1 Å².